The second kappa shape index (κ2) is 7.95. The molecule has 0 aromatic heterocycles. The van der Waals surface area contributed by atoms with Crippen LogP contribution in [0.1, 0.15) is 42.9 Å². The standard InChI is InChI=1S/C27H26ClNO3/c1-32-23-13-7-19(8-14-23)24-26(25(30)29(24)22-5-3-2-4-6-22)15-17-27(31,18-16-26)20-9-11-21(28)12-10-20/h2-14,24,31H,15-18H2,1H3/t24-,26?,27?/m1/s1. The molecule has 2 fully saturated rings. The van der Waals surface area contributed by atoms with Crippen LogP contribution in [0.25, 0.3) is 0 Å². The van der Waals surface area contributed by atoms with Crippen molar-refractivity contribution < 1.29 is 14.6 Å². The molecule has 4 nitrogen and oxygen atoms in total. The van der Waals surface area contributed by atoms with E-state index < -0.39 is 11.0 Å². The van der Waals surface area contributed by atoms with Gasteiger partial charge in [-0.05, 0) is 73.2 Å². The zero-order chi connectivity index (χ0) is 22.3. The summed E-state index contributed by atoms with van der Waals surface area (Å²) in [5.74, 6) is 0.933. The monoisotopic (exact) mass is 447 g/mol. The molecule has 2 aliphatic rings. The Bertz CT molecular complexity index is 1100. The Morgan fingerprint density at radius 3 is 2.12 bits per heavy atom. The fourth-order valence-electron chi connectivity index (χ4n) is 5.41. The lowest BCUT2D eigenvalue weighted by atomic mass is 9.56. The summed E-state index contributed by atoms with van der Waals surface area (Å²) in [7, 11) is 1.65. The first kappa shape index (κ1) is 21.0. The molecule has 0 bridgehead atoms. The summed E-state index contributed by atoms with van der Waals surface area (Å²) in [5, 5.41) is 12.0. The Hall–Kier alpha value is -2.82. The summed E-state index contributed by atoms with van der Waals surface area (Å²) < 4.78 is 5.33. The number of hydrogen-bond donors (Lipinski definition) is 1. The molecule has 3 aromatic rings. The van der Waals surface area contributed by atoms with Crippen molar-refractivity contribution in [2.75, 3.05) is 12.0 Å². The van der Waals surface area contributed by atoms with Crippen molar-refractivity contribution in [3.8, 4) is 5.75 Å². The average molecular weight is 448 g/mol. The Morgan fingerprint density at radius 1 is 0.906 bits per heavy atom. The van der Waals surface area contributed by atoms with Gasteiger partial charge in [-0.2, -0.15) is 0 Å². The van der Waals surface area contributed by atoms with Crippen LogP contribution in [0.2, 0.25) is 5.02 Å². The topological polar surface area (TPSA) is 49.8 Å². The number of methoxy groups -OCH3 is 1. The first-order chi connectivity index (χ1) is 15.5. The van der Waals surface area contributed by atoms with Crippen molar-refractivity contribution in [3.63, 3.8) is 0 Å². The molecule has 0 unspecified atom stereocenters. The van der Waals surface area contributed by atoms with Crippen LogP contribution in [-0.4, -0.2) is 18.1 Å². The van der Waals surface area contributed by atoms with Gasteiger partial charge in [0.1, 0.15) is 5.75 Å². The molecule has 1 spiro atoms. The van der Waals surface area contributed by atoms with Crippen molar-refractivity contribution in [3.05, 3.63) is 95.0 Å². The minimum absolute atomic E-state index is 0.0712. The molecule has 1 heterocycles. The average Bonchev–Trinajstić information content (AvgIpc) is 2.84. The van der Waals surface area contributed by atoms with E-state index >= 15 is 0 Å². The quantitative estimate of drug-likeness (QED) is 0.508. The minimum Gasteiger partial charge on any atom is -0.497 e. The van der Waals surface area contributed by atoms with Crippen LogP contribution in [0.4, 0.5) is 5.69 Å². The van der Waals surface area contributed by atoms with Gasteiger partial charge in [0.25, 0.3) is 0 Å². The Morgan fingerprint density at radius 2 is 1.53 bits per heavy atom. The minimum atomic E-state index is -0.937. The third-order valence-electron chi connectivity index (χ3n) is 7.24. The van der Waals surface area contributed by atoms with Crippen molar-refractivity contribution in [2.45, 2.75) is 37.3 Å². The summed E-state index contributed by atoms with van der Waals surface area (Å²) in [6.45, 7) is 0. The first-order valence-electron chi connectivity index (χ1n) is 11.0. The third-order valence-corrected chi connectivity index (χ3v) is 7.50. The number of carbonyl (C=O) groups is 1. The largest absolute Gasteiger partial charge is 0.497 e. The lowest BCUT2D eigenvalue weighted by molar-refractivity contribution is -0.149. The molecule has 164 valence electrons. The van der Waals surface area contributed by atoms with E-state index in [-0.39, 0.29) is 11.9 Å². The number of rotatable bonds is 4. The molecular formula is C27H26ClNO3. The van der Waals surface area contributed by atoms with E-state index in [1.165, 1.54) is 0 Å². The van der Waals surface area contributed by atoms with E-state index in [4.69, 9.17) is 16.3 Å². The van der Waals surface area contributed by atoms with E-state index in [1.54, 1.807) is 7.11 Å². The number of carbonyl (C=O) groups excluding carboxylic acids is 1. The van der Waals surface area contributed by atoms with Gasteiger partial charge in [0.2, 0.25) is 5.91 Å². The van der Waals surface area contributed by atoms with E-state index in [2.05, 4.69) is 0 Å². The van der Waals surface area contributed by atoms with Gasteiger partial charge in [-0.25, -0.2) is 0 Å². The van der Waals surface area contributed by atoms with Gasteiger partial charge in [0, 0.05) is 10.7 Å². The normalized spacial score (nSPS) is 27.3. The van der Waals surface area contributed by atoms with Crippen molar-refractivity contribution in [2.24, 2.45) is 5.41 Å². The number of aliphatic hydroxyl groups is 1. The Kier molecular flexibility index (Phi) is 5.23. The summed E-state index contributed by atoms with van der Waals surface area (Å²) in [6.07, 6.45) is 2.33. The maximum atomic E-state index is 13.6. The first-order valence-corrected chi connectivity index (χ1v) is 11.4. The van der Waals surface area contributed by atoms with Crippen LogP contribution >= 0.6 is 11.6 Å². The van der Waals surface area contributed by atoms with E-state index in [1.807, 2.05) is 83.8 Å². The molecule has 3 aromatic carbocycles. The summed E-state index contributed by atoms with van der Waals surface area (Å²) in [5.41, 5.74) is 1.41. The highest BCUT2D eigenvalue weighted by Crippen LogP contribution is 2.61. The smallest absolute Gasteiger partial charge is 0.236 e. The molecule has 1 atom stereocenters. The van der Waals surface area contributed by atoms with Crippen molar-refractivity contribution in [1.29, 1.82) is 0 Å². The maximum Gasteiger partial charge on any atom is 0.236 e. The number of anilines is 1. The van der Waals surface area contributed by atoms with Crippen LogP contribution in [0.15, 0.2) is 78.9 Å². The third kappa shape index (κ3) is 3.30. The van der Waals surface area contributed by atoms with Gasteiger partial charge in [0.05, 0.1) is 24.2 Å². The molecule has 1 aliphatic carbocycles. The van der Waals surface area contributed by atoms with Crippen molar-refractivity contribution in [1.82, 2.24) is 0 Å². The SMILES string of the molecule is COc1ccc([C@H]2N(c3ccccc3)C(=O)C23CCC(O)(c2ccc(Cl)cc2)CC3)cc1. The van der Waals surface area contributed by atoms with E-state index in [0.717, 1.165) is 22.6 Å². The highest BCUT2D eigenvalue weighted by atomic mass is 35.5. The molecule has 1 saturated carbocycles. The number of β-lactam (4-membered cyclic amide) rings is 1. The molecule has 1 amide bonds. The molecular weight excluding hydrogens is 422 g/mol. The van der Waals surface area contributed by atoms with Crippen LogP contribution < -0.4 is 9.64 Å². The summed E-state index contributed by atoms with van der Waals surface area (Å²) in [4.78, 5) is 15.6. The highest BCUT2D eigenvalue weighted by Gasteiger charge is 2.63. The number of nitrogens with zero attached hydrogens (tertiary/aromatic N) is 1. The predicted octanol–water partition coefficient (Wildman–Crippen LogP) is 5.88. The van der Waals surface area contributed by atoms with Crippen LogP contribution in [0, 0.1) is 5.41 Å². The van der Waals surface area contributed by atoms with Gasteiger partial charge in [-0.15, -0.1) is 0 Å². The molecule has 1 N–H and O–H groups in total. The van der Waals surface area contributed by atoms with Crippen LogP contribution in [0.5, 0.6) is 5.75 Å². The van der Waals surface area contributed by atoms with Crippen LogP contribution in [-0.2, 0) is 10.4 Å². The number of amides is 1. The van der Waals surface area contributed by atoms with E-state index in [0.29, 0.717) is 30.7 Å². The second-order valence-corrected chi connectivity index (χ2v) is 9.32. The van der Waals surface area contributed by atoms with Crippen molar-refractivity contribution >= 4 is 23.2 Å². The van der Waals surface area contributed by atoms with Crippen LogP contribution in [0.3, 0.4) is 0 Å². The second-order valence-electron chi connectivity index (χ2n) is 8.88. The highest BCUT2D eigenvalue weighted by molar-refractivity contribution is 6.30. The number of ether oxygens (including phenoxy) is 1. The maximum absolute atomic E-state index is 13.6. The molecule has 32 heavy (non-hydrogen) atoms. The fraction of sp³-hybridized carbons (Fsp3) is 0.296. The lowest BCUT2D eigenvalue weighted by Gasteiger charge is -2.59. The zero-order valence-corrected chi connectivity index (χ0v) is 18.8. The molecule has 0 radical (unpaired) electrons. The zero-order valence-electron chi connectivity index (χ0n) is 18.0. The molecule has 5 rings (SSSR count). The van der Waals surface area contributed by atoms with Gasteiger partial charge in [-0.1, -0.05) is 54.1 Å². The molecule has 1 saturated heterocycles. The Balaban J connectivity index is 1.48. The molecule has 5 heteroatoms. The van der Waals surface area contributed by atoms with E-state index in [9.17, 15) is 9.90 Å². The fourth-order valence-corrected chi connectivity index (χ4v) is 5.54. The van der Waals surface area contributed by atoms with Gasteiger partial charge in [0.15, 0.2) is 0 Å². The van der Waals surface area contributed by atoms with Gasteiger partial charge < -0.3 is 14.7 Å². The number of hydrogen-bond acceptors (Lipinski definition) is 3. The number of halogens is 1. The number of benzene rings is 3. The number of para-hydroxylation sites is 1. The molecule has 1 aliphatic heterocycles. The van der Waals surface area contributed by atoms with Gasteiger partial charge in [-0.3, -0.25) is 4.79 Å². The summed E-state index contributed by atoms with van der Waals surface area (Å²) >= 11 is 6.03. The Labute approximate surface area is 193 Å². The predicted molar refractivity (Wildman–Crippen MR) is 126 cm³/mol. The lowest BCUT2D eigenvalue weighted by Crippen LogP contribution is -2.65. The van der Waals surface area contributed by atoms with Gasteiger partial charge >= 0.3 is 0 Å². The summed E-state index contributed by atoms with van der Waals surface area (Å²) in [6, 6.07) is 25.2.